The van der Waals surface area contributed by atoms with Crippen LogP contribution in [0.4, 0.5) is 17.2 Å². The molecular formula is C13H12Cl2N4O. The molecule has 5 N–H and O–H groups in total. The van der Waals surface area contributed by atoms with Gasteiger partial charge in [0.1, 0.15) is 5.69 Å². The molecule has 0 saturated carbocycles. The molecule has 1 amide bonds. The Labute approximate surface area is 125 Å². The normalized spacial score (nSPS) is 10.3. The summed E-state index contributed by atoms with van der Waals surface area (Å²) in [7, 11) is 0. The van der Waals surface area contributed by atoms with E-state index in [0.717, 1.165) is 5.56 Å². The van der Waals surface area contributed by atoms with Gasteiger partial charge in [0.2, 0.25) is 0 Å². The summed E-state index contributed by atoms with van der Waals surface area (Å²) in [4.78, 5) is 15.2. The molecular weight excluding hydrogens is 299 g/mol. The number of halogens is 2. The first-order valence-corrected chi connectivity index (χ1v) is 6.43. The van der Waals surface area contributed by atoms with Crippen molar-refractivity contribution < 1.29 is 4.79 Å². The third kappa shape index (κ3) is 2.79. The van der Waals surface area contributed by atoms with Crippen LogP contribution in [-0.2, 0) is 0 Å². The van der Waals surface area contributed by atoms with Gasteiger partial charge in [-0.1, -0.05) is 29.3 Å². The molecule has 0 aliphatic rings. The van der Waals surface area contributed by atoms with Gasteiger partial charge in [-0.05, 0) is 30.7 Å². The van der Waals surface area contributed by atoms with E-state index in [0.29, 0.717) is 21.4 Å². The van der Waals surface area contributed by atoms with Crippen LogP contribution in [0.5, 0.6) is 0 Å². The molecule has 0 atom stereocenters. The summed E-state index contributed by atoms with van der Waals surface area (Å²) in [5.74, 6) is -0.370. The summed E-state index contributed by atoms with van der Waals surface area (Å²) < 4.78 is 0. The maximum atomic E-state index is 11.1. The molecule has 20 heavy (non-hydrogen) atoms. The summed E-state index contributed by atoms with van der Waals surface area (Å²) in [6, 6.07) is 6.49. The molecule has 5 nitrogen and oxygen atoms in total. The predicted octanol–water partition coefficient (Wildman–Crippen LogP) is 3.12. The lowest BCUT2D eigenvalue weighted by molar-refractivity contribution is 0.0996. The molecule has 0 aliphatic heterocycles. The van der Waals surface area contributed by atoms with Crippen LogP contribution < -0.4 is 16.8 Å². The van der Waals surface area contributed by atoms with E-state index in [1.807, 2.05) is 6.92 Å². The van der Waals surface area contributed by atoms with Gasteiger partial charge in [-0.25, -0.2) is 4.98 Å². The average Bonchev–Trinajstić information content (AvgIpc) is 2.41. The van der Waals surface area contributed by atoms with Gasteiger partial charge < -0.3 is 16.8 Å². The second-order valence-electron chi connectivity index (χ2n) is 4.18. The number of hydrogen-bond acceptors (Lipinski definition) is 4. The van der Waals surface area contributed by atoms with Crippen LogP contribution in [0.25, 0.3) is 0 Å². The second-order valence-corrected chi connectivity index (χ2v) is 4.96. The standard InChI is InChI=1S/C13H12Cl2N4O/c1-6-2-3-7(14)11(10(6)15)19-13-8(16)4-5-9(18-13)12(17)20/h2-5H,16H2,1H3,(H2,17,20)(H,18,19). The minimum atomic E-state index is -0.644. The van der Waals surface area contributed by atoms with Gasteiger partial charge >= 0.3 is 0 Å². The molecule has 0 fully saturated rings. The third-order valence-corrected chi connectivity index (χ3v) is 3.51. The van der Waals surface area contributed by atoms with E-state index in [1.165, 1.54) is 12.1 Å². The number of nitrogens with two attached hydrogens (primary N) is 2. The first-order chi connectivity index (χ1) is 9.40. The number of primary amides is 1. The Hall–Kier alpha value is -1.98. The van der Waals surface area contributed by atoms with E-state index in [-0.39, 0.29) is 11.5 Å². The van der Waals surface area contributed by atoms with E-state index >= 15 is 0 Å². The van der Waals surface area contributed by atoms with Gasteiger partial charge in [0, 0.05) is 0 Å². The first kappa shape index (κ1) is 14.4. The Balaban J connectivity index is 2.47. The van der Waals surface area contributed by atoms with Crippen molar-refractivity contribution in [3.05, 3.63) is 45.6 Å². The van der Waals surface area contributed by atoms with Crippen molar-refractivity contribution in [2.45, 2.75) is 6.92 Å². The fraction of sp³-hybridized carbons (Fsp3) is 0.0769. The number of nitrogen functional groups attached to an aromatic ring is 1. The van der Waals surface area contributed by atoms with Crippen LogP contribution in [0.2, 0.25) is 10.0 Å². The highest BCUT2D eigenvalue weighted by atomic mass is 35.5. The number of rotatable bonds is 3. The van der Waals surface area contributed by atoms with E-state index in [9.17, 15) is 4.79 Å². The van der Waals surface area contributed by atoms with Crippen molar-refractivity contribution >= 4 is 46.3 Å². The topological polar surface area (TPSA) is 94.0 Å². The smallest absolute Gasteiger partial charge is 0.267 e. The number of benzene rings is 1. The Kier molecular flexibility index (Phi) is 4.01. The number of carbonyl (C=O) groups excluding carboxylic acids is 1. The summed E-state index contributed by atoms with van der Waals surface area (Å²) >= 11 is 12.3. The number of carbonyl (C=O) groups is 1. The minimum absolute atomic E-state index is 0.0987. The average molecular weight is 311 g/mol. The lowest BCUT2D eigenvalue weighted by Gasteiger charge is -2.13. The number of aromatic nitrogens is 1. The van der Waals surface area contributed by atoms with Crippen molar-refractivity contribution in [3.63, 3.8) is 0 Å². The zero-order valence-corrected chi connectivity index (χ0v) is 12.1. The highest BCUT2D eigenvalue weighted by molar-refractivity contribution is 6.39. The largest absolute Gasteiger partial charge is 0.396 e. The molecule has 0 aliphatic carbocycles. The zero-order valence-electron chi connectivity index (χ0n) is 10.6. The van der Waals surface area contributed by atoms with Gasteiger partial charge in [-0.3, -0.25) is 4.79 Å². The van der Waals surface area contributed by atoms with E-state index in [2.05, 4.69) is 10.3 Å². The van der Waals surface area contributed by atoms with Crippen LogP contribution in [0.1, 0.15) is 16.1 Å². The number of nitrogens with zero attached hydrogens (tertiary/aromatic N) is 1. The molecule has 0 radical (unpaired) electrons. The van der Waals surface area contributed by atoms with Crippen molar-refractivity contribution in [1.29, 1.82) is 0 Å². The van der Waals surface area contributed by atoms with Gasteiger partial charge in [-0.2, -0.15) is 0 Å². The molecule has 104 valence electrons. The molecule has 2 rings (SSSR count). The van der Waals surface area contributed by atoms with Crippen LogP contribution >= 0.6 is 23.2 Å². The molecule has 0 spiro atoms. The number of pyridine rings is 1. The number of hydrogen-bond donors (Lipinski definition) is 3. The summed E-state index contributed by atoms with van der Waals surface area (Å²) in [5, 5.41) is 3.82. The zero-order chi connectivity index (χ0) is 14.9. The van der Waals surface area contributed by atoms with Crippen molar-refractivity contribution in [2.75, 3.05) is 11.1 Å². The van der Waals surface area contributed by atoms with E-state index in [4.69, 9.17) is 34.7 Å². The highest BCUT2D eigenvalue weighted by Gasteiger charge is 2.12. The SMILES string of the molecule is Cc1ccc(Cl)c(Nc2nc(C(N)=O)ccc2N)c1Cl. The number of nitrogens with one attached hydrogen (secondary N) is 1. The summed E-state index contributed by atoms with van der Waals surface area (Å²) in [6.07, 6.45) is 0. The molecule has 1 aromatic heterocycles. The van der Waals surface area contributed by atoms with Gasteiger partial charge in [0.25, 0.3) is 5.91 Å². The summed E-state index contributed by atoms with van der Waals surface area (Å²) in [6.45, 7) is 1.85. The fourth-order valence-electron chi connectivity index (χ4n) is 1.60. The third-order valence-electron chi connectivity index (χ3n) is 2.71. The maximum Gasteiger partial charge on any atom is 0.267 e. The Morgan fingerprint density at radius 3 is 2.60 bits per heavy atom. The molecule has 7 heteroatoms. The number of aryl methyl sites for hydroxylation is 1. The number of amides is 1. The minimum Gasteiger partial charge on any atom is -0.396 e. The quantitative estimate of drug-likeness (QED) is 0.811. The van der Waals surface area contributed by atoms with Crippen LogP contribution in [0.3, 0.4) is 0 Å². The van der Waals surface area contributed by atoms with Crippen molar-refractivity contribution in [3.8, 4) is 0 Å². The van der Waals surface area contributed by atoms with Gasteiger partial charge in [0.05, 0.1) is 21.4 Å². The number of anilines is 3. The van der Waals surface area contributed by atoms with Crippen LogP contribution in [-0.4, -0.2) is 10.9 Å². The molecule has 0 bridgehead atoms. The van der Waals surface area contributed by atoms with Gasteiger partial charge in [-0.15, -0.1) is 0 Å². The molecule has 0 saturated heterocycles. The Morgan fingerprint density at radius 1 is 1.25 bits per heavy atom. The molecule has 1 heterocycles. The van der Waals surface area contributed by atoms with E-state index in [1.54, 1.807) is 12.1 Å². The van der Waals surface area contributed by atoms with Gasteiger partial charge in [0.15, 0.2) is 5.82 Å². The lowest BCUT2D eigenvalue weighted by atomic mass is 10.2. The summed E-state index contributed by atoms with van der Waals surface area (Å²) in [5.41, 5.74) is 12.8. The molecule has 0 unspecified atom stereocenters. The monoisotopic (exact) mass is 310 g/mol. The first-order valence-electron chi connectivity index (χ1n) is 5.68. The second kappa shape index (κ2) is 5.56. The van der Waals surface area contributed by atoms with Crippen LogP contribution in [0.15, 0.2) is 24.3 Å². The molecule has 2 aromatic rings. The van der Waals surface area contributed by atoms with E-state index < -0.39 is 5.91 Å². The predicted molar refractivity (Wildman–Crippen MR) is 81.6 cm³/mol. The van der Waals surface area contributed by atoms with Crippen molar-refractivity contribution in [1.82, 2.24) is 4.98 Å². The van der Waals surface area contributed by atoms with Crippen LogP contribution in [0, 0.1) is 6.92 Å². The maximum absolute atomic E-state index is 11.1. The highest BCUT2D eigenvalue weighted by Crippen LogP contribution is 2.35. The lowest BCUT2D eigenvalue weighted by Crippen LogP contribution is -2.14. The Bertz CT molecular complexity index is 688. The Morgan fingerprint density at radius 2 is 1.95 bits per heavy atom. The fourth-order valence-corrected chi connectivity index (χ4v) is 2.06. The van der Waals surface area contributed by atoms with Crippen molar-refractivity contribution in [2.24, 2.45) is 5.73 Å². The molecule has 1 aromatic carbocycles.